The molecule has 0 saturated carbocycles. The van der Waals surface area contributed by atoms with E-state index in [0.717, 1.165) is 0 Å². The minimum absolute atomic E-state index is 0.0328. The van der Waals surface area contributed by atoms with Crippen LogP contribution < -0.4 is 0 Å². The Labute approximate surface area is 177 Å². The molecule has 1 atom stereocenters. The zero-order valence-corrected chi connectivity index (χ0v) is 19.6. The summed E-state index contributed by atoms with van der Waals surface area (Å²) in [4.78, 5) is 46.4. The molecule has 174 valence electrons. The van der Waals surface area contributed by atoms with E-state index in [4.69, 9.17) is 18.5 Å². The summed E-state index contributed by atoms with van der Waals surface area (Å²) in [6, 6.07) is 0. The van der Waals surface area contributed by atoms with Crippen LogP contribution in [0.2, 0.25) is 0 Å². The molecule has 0 saturated heterocycles. The highest BCUT2D eigenvalue weighted by atomic mass is 31.2. The number of ketones is 1. The van der Waals surface area contributed by atoms with Gasteiger partial charge in [-0.05, 0) is 54.9 Å². The van der Waals surface area contributed by atoms with Gasteiger partial charge >= 0.3 is 25.5 Å². The zero-order valence-electron chi connectivity index (χ0n) is 18.7. The van der Waals surface area contributed by atoms with Crippen LogP contribution in [0.3, 0.4) is 0 Å². The monoisotopic (exact) mass is 452 g/mol. The molecule has 0 aromatic carbocycles. The molecule has 0 aliphatic heterocycles. The third-order valence-electron chi connectivity index (χ3n) is 3.74. The minimum Gasteiger partial charge on any atom is -0.481 e. The topological polar surface area (TPSA) is 142 Å². The first-order chi connectivity index (χ1) is 13.5. The van der Waals surface area contributed by atoms with Gasteiger partial charge in [0.1, 0.15) is 5.78 Å². The molecule has 1 unspecified atom stereocenters. The normalized spacial score (nSPS) is 13.4. The number of carbonyl (C=O) groups excluding carboxylic acids is 3. The van der Waals surface area contributed by atoms with Gasteiger partial charge < -0.3 is 19.4 Å². The molecule has 0 aliphatic rings. The number of carbonyl (C=O) groups is 4. The summed E-state index contributed by atoms with van der Waals surface area (Å²) in [6.45, 7) is 9.50. The second-order valence-corrected chi connectivity index (χ2v) is 11.0. The van der Waals surface area contributed by atoms with Crippen molar-refractivity contribution in [3.8, 4) is 0 Å². The molecule has 0 heterocycles. The second-order valence-electron chi connectivity index (χ2n) is 8.93. The van der Waals surface area contributed by atoms with Gasteiger partial charge in [-0.1, -0.05) is 0 Å². The van der Waals surface area contributed by atoms with Gasteiger partial charge in [-0.3, -0.25) is 28.0 Å². The summed E-state index contributed by atoms with van der Waals surface area (Å²) in [5.74, 6) is -3.98. The maximum absolute atomic E-state index is 13.1. The molecule has 30 heavy (non-hydrogen) atoms. The Balaban J connectivity index is 5.22. The van der Waals surface area contributed by atoms with E-state index < -0.39 is 62.0 Å². The van der Waals surface area contributed by atoms with Gasteiger partial charge in [0.05, 0.1) is 22.9 Å². The Kier molecular flexibility index (Phi) is 10.9. The van der Waals surface area contributed by atoms with Crippen LogP contribution in [-0.2, 0) is 42.3 Å². The molecule has 0 aliphatic carbocycles. The van der Waals surface area contributed by atoms with E-state index >= 15 is 0 Å². The molecular weight excluding hydrogens is 419 g/mol. The molecule has 0 rings (SSSR count). The van der Waals surface area contributed by atoms with Crippen molar-refractivity contribution in [1.29, 1.82) is 0 Å². The molecular formula is C19H33O10P. The summed E-state index contributed by atoms with van der Waals surface area (Å²) < 4.78 is 33.1. The van der Waals surface area contributed by atoms with E-state index in [-0.39, 0.29) is 18.6 Å². The molecule has 0 fully saturated rings. The Hall–Kier alpha value is -1.77. The van der Waals surface area contributed by atoms with E-state index in [0.29, 0.717) is 0 Å². The quantitative estimate of drug-likeness (QED) is 0.266. The van der Waals surface area contributed by atoms with Gasteiger partial charge in [0.2, 0.25) is 13.6 Å². The Morgan fingerprint density at radius 1 is 0.867 bits per heavy atom. The van der Waals surface area contributed by atoms with Crippen molar-refractivity contribution in [2.45, 2.75) is 61.3 Å². The van der Waals surface area contributed by atoms with Gasteiger partial charge in [-0.25, -0.2) is 0 Å². The van der Waals surface area contributed by atoms with Gasteiger partial charge in [-0.2, -0.15) is 0 Å². The summed E-state index contributed by atoms with van der Waals surface area (Å²) in [5.41, 5.74) is -1.66. The predicted octanol–water partition coefficient (Wildman–Crippen LogP) is 3.38. The first kappa shape index (κ1) is 28.2. The fraction of sp³-hybridized carbons (Fsp3) is 0.789. The average molecular weight is 452 g/mol. The SMILES string of the molecule is CC(=O)CCC(CP(=O)(OCOC(=O)C(C)(C)C)OCOC(=O)C(C)(C)C)C(=O)O. The molecule has 1 N–H and O–H groups in total. The number of carboxylic acid groups (broad SMARTS) is 1. The van der Waals surface area contributed by atoms with Crippen molar-refractivity contribution in [3.63, 3.8) is 0 Å². The number of esters is 2. The van der Waals surface area contributed by atoms with Crippen LogP contribution >= 0.6 is 7.60 Å². The van der Waals surface area contributed by atoms with Gasteiger partial charge in [0.25, 0.3) is 0 Å². The number of carboxylic acids is 1. The second kappa shape index (κ2) is 11.6. The molecule has 10 nitrogen and oxygen atoms in total. The summed E-state index contributed by atoms with van der Waals surface area (Å²) in [7, 11) is -4.15. The number of hydrogen-bond acceptors (Lipinski definition) is 9. The molecule has 0 bridgehead atoms. The van der Waals surface area contributed by atoms with Crippen molar-refractivity contribution in [1.82, 2.24) is 0 Å². The largest absolute Gasteiger partial charge is 0.481 e. The zero-order chi connectivity index (χ0) is 23.8. The molecule has 0 amide bonds. The van der Waals surface area contributed by atoms with E-state index in [1.54, 1.807) is 41.5 Å². The fourth-order valence-corrected chi connectivity index (χ4v) is 3.43. The highest BCUT2D eigenvalue weighted by Crippen LogP contribution is 2.50. The lowest BCUT2D eigenvalue weighted by atomic mass is 9.98. The van der Waals surface area contributed by atoms with Crippen LogP contribution in [0.15, 0.2) is 0 Å². The van der Waals surface area contributed by atoms with E-state index in [1.165, 1.54) is 6.92 Å². The van der Waals surface area contributed by atoms with Gasteiger partial charge in [0, 0.05) is 6.42 Å². The minimum atomic E-state index is -4.15. The highest BCUT2D eigenvalue weighted by molar-refractivity contribution is 7.53. The van der Waals surface area contributed by atoms with E-state index in [2.05, 4.69) is 0 Å². The molecule has 0 spiro atoms. The van der Waals surface area contributed by atoms with Crippen molar-refractivity contribution in [2.24, 2.45) is 16.7 Å². The van der Waals surface area contributed by atoms with Crippen molar-refractivity contribution in [3.05, 3.63) is 0 Å². The van der Waals surface area contributed by atoms with Crippen LogP contribution in [0.1, 0.15) is 61.3 Å². The predicted molar refractivity (Wildman–Crippen MR) is 107 cm³/mol. The van der Waals surface area contributed by atoms with Crippen LogP contribution in [0.25, 0.3) is 0 Å². The van der Waals surface area contributed by atoms with E-state index in [9.17, 15) is 28.8 Å². The van der Waals surface area contributed by atoms with Crippen LogP contribution in [0.4, 0.5) is 0 Å². The lowest BCUT2D eigenvalue weighted by Gasteiger charge is -2.23. The first-order valence-corrected chi connectivity index (χ1v) is 11.2. The van der Waals surface area contributed by atoms with Crippen molar-refractivity contribution >= 4 is 31.3 Å². The van der Waals surface area contributed by atoms with Gasteiger partial charge in [0.15, 0.2) is 0 Å². The lowest BCUT2D eigenvalue weighted by molar-refractivity contribution is -0.162. The summed E-state index contributed by atoms with van der Waals surface area (Å²) >= 11 is 0. The third-order valence-corrected chi connectivity index (χ3v) is 5.63. The number of rotatable bonds is 12. The summed E-state index contributed by atoms with van der Waals surface area (Å²) in [6.07, 6.45) is -0.699. The first-order valence-electron chi connectivity index (χ1n) is 9.43. The Bertz CT molecular complexity index is 636. The molecule has 0 aromatic rings. The number of Topliss-reactive ketones (excluding diaryl/α,β-unsaturated/α-hetero) is 1. The van der Waals surface area contributed by atoms with Crippen LogP contribution in [0.5, 0.6) is 0 Å². The van der Waals surface area contributed by atoms with Crippen LogP contribution in [-0.4, -0.2) is 48.5 Å². The maximum Gasteiger partial charge on any atom is 0.337 e. The van der Waals surface area contributed by atoms with Gasteiger partial charge in [-0.15, -0.1) is 0 Å². The number of ether oxygens (including phenoxy) is 2. The third kappa shape index (κ3) is 11.4. The standard InChI is InChI=1S/C19H33O10P/c1-13(20)8-9-14(15(21)22)10-30(25,28-11-26-16(23)18(2,3)4)29-12-27-17(24)19(5,6)7/h14H,8-12H2,1-7H3,(H,21,22). The number of aliphatic carboxylic acids is 1. The van der Waals surface area contributed by atoms with Crippen LogP contribution in [0, 0.1) is 16.7 Å². The Morgan fingerprint density at radius 3 is 1.57 bits per heavy atom. The molecule has 0 radical (unpaired) electrons. The van der Waals surface area contributed by atoms with Crippen molar-refractivity contribution < 1.29 is 47.4 Å². The highest BCUT2D eigenvalue weighted by Gasteiger charge is 2.35. The van der Waals surface area contributed by atoms with E-state index in [1.807, 2.05) is 0 Å². The lowest BCUT2D eigenvalue weighted by Crippen LogP contribution is -2.26. The van der Waals surface area contributed by atoms with Crippen molar-refractivity contribution in [2.75, 3.05) is 19.7 Å². The number of hydrogen-bond donors (Lipinski definition) is 1. The summed E-state index contributed by atoms with van der Waals surface area (Å²) in [5, 5.41) is 9.38. The maximum atomic E-state index is 13.1. The smallest absolute Gasteiger partial charge is 0.337 e. The average Bonchev–Trinajstić information content (AvgIpc) is 2.56. The molecule has 0 aromatic heterocycles. The fourth-order valence-electron chi connectivity index (χ4n) is 1.84. The molecule has 11 heteroatoms. The Morgan fingerprint density at radius 2 is 1.27 bits per heavy atom.